The molecule has 2 heterocycles. The SMILES string of the molecule is CCOC(=O)C1=C(CN2CCN(C(=O)NC(C)(C)C)[C@H](C)C2)N(CC)C(=O)N[C@H]1c1ccccc1C(F)(F)F. The Balaban J connectivity index is 2.01. The second kappa shape index (κ2) is 11.8. The third-order valence-electron chi connectivity index (χ3n) is 6.65. The van der Waals surface area contributed by atoms with Crippen molar-refractivity contribution in [2.24, 2.45) is 0 Å². The van der Waals surface area contributed by atoms with E-state index in [4.69, 9.17) is 4.74 Å². The first kappa shape index (κ1) is 30.3. The predicted octanol–water partition coefficient (Wildman–Crippen LogP) is 4.12. The molecule has 216 valence electrons. The molecule has 0 unspecified atom stereocenters. The topological polar surface area (TPSA) is 94.2 Å². The Labute approximate surface area is 227 Å². The number of carbonyl (C=O) groups is 3. The number of rotatable bonds is 6. The van der Waals surface area contributed by atoms with Crippen LogP contribution in [0.2, 0.25) is 0 Å². The lowest BCUT2D eigenvalue weighted by atomic mass is 9.90. The third-order valence-corrected chi connectivity index (χ3v) is 6.65. The zero-order chi connectivity index (χ0) is 29.1. The number of hydrogen-bond donors (Lipinski definition) is 2. The molecule has 1 saturated heterocycles. The van der Waals surface area contributed by atoms with Crippen molar-refractivity contribution in [2.45, 2.75) is 65.3 Å². The van der Waals surface area contributed by atoms with Gasteiger partial charge in [0.2, 0.25) is 0 Å². The summed E-state index contributed by atoms with van der Waals surface area (Å²) in [6.07, 6.45) is -4.69. The summed E-state index contributed by atoms with van der Waals surface area (Å²) in [4.78, 5) is 44.3. The standard InChI is InChI=1S/C27H38F3N5O4/c1-7-34-20(16-33-13-14-35(17(3)15-33)25(38)32-26(4,5)6)21(23(36)39-8-2)22(31-24(34)37)18-11-9-10-12-19(18)27(28,29)30/h9-12,17,22H,7-8,13-16H2,1-6H3,(H,31,37)(H,32,38)/t17-,22+/m1/s1. The number of urea groups is 2. The summed E-state index contributed by atoms with van der Waals surface area (Å²) in [6.45, 7) is 12.6. The number of carbonyl (C=O) groups excluding carboxylic acids is 3. The van der Waals surface area contributed by atoms with Crippen LogP contribution < -0.4 is 10.6 Å². The number of nitrogens with one attached hydrogen (secondary N) is 2. The first-order valence-corrected chi connectivity index (χ1v) is 13.1. The first-order chi connectivity index (χ1) is 18.2. The number of ether oxygens (including phenoxy) is 1. The van der Waals surface area contributed by atoms with Crippen LogP contribution in [0.1, 0.15) is 58.7 Å². The van der Waals surface area contributed by atoms with Crippen molar-refractivity contribution in [3.05, 3.63) is 46.7 Å². The van der Waals surface area contributed by atoms with Crippen LogP contribution in [0.25, 0.3) is 0 Å². The Kier molecular flexibility index (Phi) is 9.20. The number of benzene rings is 1. The van der Waals surface area contributed by atoms with Crippen LogP contribution in [-0.4, -0.2) is 83.6 Å². The maximum atomic E-state index is 13.9. The molecule has 3 rings (SSSR count). The number of alkyl halides is 3. The molecule has 1 aromatic rings. The first-order valence-electron chi connectivity index (χ1n) is 13.1. The summed E-state index contributed by atoms with van der Waals surface area (Å²) in [6, 6.07) is 2.59. The van der Waals surface area contributed by atoms with E-state index in [-0.39, 0.29) is 42.9 Å². The number of halogens is 3. The molecule has 9 nitrogen and oxygen atoms in total. The maximum absolute atomic E-state index is 13.9. The summed E-state index contributed by atoms with van der Waals surface area (Å²) in [5.74, 6) is -0.788. The van der Waals surface area contributed by atoms with Crippen molar-refractivity contribution in [1.29, 1.82) is 0 Å². The molecular weight excluding hydrogens is 515 g/mol. The van der Waals surface area contributed by atoms with Gasteiger partial charge in [-0.05, 0) is 53.2 Å². The van der Waals surface area contributed by atoms with Crippen molar-refractivity contribution < 1.29 is 32.3 Å². The largest absolute Gasteiger partial charge is 0.463 e. The number of nitrogens with zero attached hydrogens (tertiary/aromatic N) is 3. The van der Waals surface area contributed by atoms with E-state index >= 15 is 0 Å². The summed E-state index contributed by atoms with van der Waals surface area (Å²) < 4.78 is 47.1. The second-order valence-electron chi connectivity index (χ2n) is 10.8. The van der Waals surface area contributed by atoms with Crippen LogP contribution in [0.15, 0.2) is 35.5 Å². The Bertz CT molecular complexity index is 1120. The smallest absolute Gasteiger partial charge is 0.416 e. The number of piperazine rings is 1. The lowest BCUT2D eigenvalue weighted by molar-refractivity contribution is -0.141. The zero-order valence-corrected chi connectivity index (χ0v) is 23.3. The van der Waals surface area contributed by atoms with Gasteiger partial charge in [-0.25, -0.2) is 14.4 Å². The van der Waals surface area contributed by atoms with Gasteiger partial charge in [-0.15, -0.1) is 0 Å². The van der Waals surface area contributed by atoms with E-state index in [1.54, 1.807) is 18.7 Å². The number of esters is 1. The molecule has 0 bridgehead atoms. The zero-order valence-electron chi connectivity index (χ0n) is 23.3. The van der Waals surface area contributed by atoms with Crippen LogP contribution >= 0.6 is 0 Å². The highest BCUT2D eigenvalue weighted by atomic mass is 19.4. The van der Waals surface area contributed by atoms with Gasteiger partial charge in [0.05, 0.1) is 23.8 Å². The van der Waals surface area contributed by atoms with Gasteiger partial charge in [0.25, 0.3) is 0 Å². The summed E-state index contributed by atoms with van der Waals surface area (Å²) in [5, 5.41) is 5.56. The van der Waals surface area contributed by atoms with E-state index < -0.39 is 35.3 Å². The quantitative estimate of drug-likeness (QED) is 0.517. The molecule has 12 heteroatoms. The number of likely N-dealkylation sites (N-methyl/N-ethyl adjacent to an activating group) is 1. The summed E-state index contributed by atoms with van der Waals surface area (Å²) >= 11 is 0. The van der Waals surface area contributed by atoms with Crippen molar-refractivity contribution >= 4 is 18.0 Å². The van der Waals surface area contributed by atoms with E-state index in [1.807, 2.05) is 32.6 Å². The molecule has 4 amide bonds. The van der Waals surface area contributed by atoms with Crippen LogP contribution in [0.4, 0.5) is 22.8 Å². The number of amides is 4. The minimum absolute atomic E-state index is 0.0158. The molecule has 0 saturated carbocycles. The average molecular weight is 554 g/mol. The van der Waals surface area contributed by atoms with E-state index in [2.05, 4.69) is 10.6 Å². The van der Waals surface area contributed by atoms with Crippen LogP contribution in [0, 0.1) is 0 Å². The normalized spacial score (nSPS) is 21.1. The summed E-state index contributed by atoms with van der Waals surface area (Å²) in [7, 11) is 0. The molecule has 2 atom stereocenters. The van der Waals surface area contributed by atoms with Gasteiger partial charge in [0.1, 0.15) is 0 Å². The van der Waals surface area contributed by atoms with Crippen molar-refractivity contribution in [1.82, 2.24) is 25.3 Å². The molecule has 2 aliphatic heterocycles. The van der Waals surface area contributed by atoms with Crippen molar-refractivity contribution in [3.63, 3.8) is 0 Å². The van der Waals surface area contributed by atoms with Gasteiger partial charge in [-0.2, -0.15) is 13.2 Å². The Morgan fingerprint density at radius 3 is 2.36 bits per heavy atom. The monoisotopic (exact) mass is 553 g/mol. The highest BCUT2D eigenvalue weighted by Gasteiger charge is 2.43. The predicted molar refractivity (Wildman–Crippen MR) is 140 cm³/mol. The van der Waals surface area contributed by atoms with E-state index in [0.717, 1.165) is 6.07 Å². The highest BCUT2D eigenvalue weighted by molar-refractivity contribution is 5.95. The van der Waals surface area contributed by atoms with Gasteiger partial charge in [0.15, 0.2) is 0 Å². The lowest BCUT2D eigenvalue weighted by Gasteiger charge is -2.43. The molecule has 1 fully saturated rings. The van der Waals surface area contributed by atoms with E-state index in [1.165, 1.54) is 23.1 Å². The minimum Gasteiger partial charge on any atom is -0.463 e. The van der Waals surface area contributed by atoms with Gasteiger partial charge in [-0.1, -0.05) is 18.2 Å². The van der Waals surface area contributed by atoms with Crippen LogP contribution in [-0.2, 0) is 15.7 Å². The Hall–Kier alpha value is -3.28. The van der Waals surface area contributed by atoms with E-state index in [9.17, 15) is 27.6 Å². The molecule has 2 N–H and O–H groups in total. The fourth-order valence-corrected chi connectivity index (χ4v) is 4.98. The molecule has 39 heavy (non-hydrogen) atoms. The van der Waals surface area contributed by atoms with Gasteiger partial charge in [-0.3, -0.25) is 9.80 Å². The van der Waals surface area contributed by atoms with Gasteiger partial charge >= 0.3 is 24.2 Å². The van der Waals surface area contributed by atoms with Gasteiger partial charge < -0.3 is 20.3 Å². The van der Waals surface area contributed by atoms with Gasteiger partial charge in [0, 0.05) is 50.0 Å². The van der Waals surface area contributed by atoms with Crippen molar-refractivity contribution in [3.8, 4) is 0 Å². The highest BCUT2D eigenvalue weighted by Crippen LogP contribution is 2.39. The maximum Gasteiger partial charge on any atom is 0.416 e. The molecule has 0 spiro atoms. The molecule has 0 aromatic heterocycles. The molecule has 0 radical (unpaired) electrons. The third kappa shape index (κ3) is 7.03. The average Bonchev–Trinajstić information content (AvgIpc) is 2.82. The number of hydrogen-bond acceptors (Lipinski definition) is 5. The van der Waals surface area contributed by atoms with Crippen molar-refractivity contribution in [2.75, 3.05) is 39.3 Å². The van der Waals surface area contributed by atoms with E-state index in [0.29, 0.717) is 25.3 Å². The second-order valence-corrected chi connectivity index (χ2v) is 10.8. The molecular formula is C27H38F3N5O4. The molecule has 1 aromatic carbocycles. The fraction of sp³-hybridized carbons (Fsp3) is 0.593. The lowest BCUT2D eigenvalue weighted by Crippen LogP contribution is -2.59. The molecule has 2 aliphatic rings. The molecule has 0 aliphatic carbocycles. The summed E-state index contributed by atoms with van der Waals surface area (Å²) in [5.41, 5.74) is -1.30. The Morgan fingerprint density at radius 1 is 1.13 bits per heavy atom. The fourth-order valence-electron chi connectivity index (χ4n) is 4.98. The minimum atomic E-state index is -4.69. The Morgan fingerprint density at radius 2 is 1.79 bits per heavy atom. The van der Waals surface area contributed by atoms with Crippen LogP contribution in [0.5, 0.6) is 0 Å². The van der Waals surface area contributed by atoms with Crippen LogP contribution in [0.3, 0.4) is 0 Å².